The highest BCUT2D eigenvalue weighted by molar-refractivity contribution is 5.76. The molecule has 0 aliphatic carbocycles. The Morgan fingerprint density at radius 2 is 1.00 bits per heavy atom. The quantitative estimate of drug-likeness (QED) is 0.0217. The lowest BCUT2D eigenvalue weighted by Crippen LogP contribution is -2.65. The lowest BCUT2D eigenvalue weighted by molar-refractivity contribution is -0.359. The van der Waals surface area contributed by atoms with E-state index < -0.39 is 86.8 Å². The van der Waals surface area contributed by atoms with Crippen LogP contribution in [0, 0.1) is 0 Å². The van der Waals surface area contributed by atoms with E-state index in [1.165, 1.54) is 70.6 Å². The van der Waals surface area contributed by atoms with E-state index >= 15 is 0 Å². The summed E-state index contributed by atoms with van der Waals surface area (Å²) in [4.78, 5) is 13.2. The summed E-state index contributed by atoms with van der Waals surface area (Å²) >= 11 is 0. The topological polar surface area (TPSA) is 228 Å². The predicted molar refractivity (Wildman–Crippen MR) is 272 cm³/mol. The van der Waals surface area contributed by atoms with Crippen molar-refractivity contribution in [2.24, 2.45) is 0 Å². The third-order valence-corrected chi connectivity index (χ3v) is 12.4. The fraction of sp³-hybridized carbons (Fsp3) is 0.727. The van der Waals surface area contributed by atoms with Crippen LogP contribution in [0.25, 0.3) is 0 Å². The fourth-order valence-electron chi connectivity index (χ4n) is 8.08. The van der Waals surface area contributed by atoms with Gasteiger partial charge in [0, 0.05) is 6.42 Å². The molecule has 1 amide bonds. The lowest BCUT2D eigenvalue weighted by Gasteiger charge is -2.46. The molecule has 0 radical (unpaired) electrons. The zero-order chi connectivity index (χ0) is 50.3. The largest absolute Gasteiger partial charge is 0.394 e. The number of hydrogen-bond acceptors (Lipinski definition) is 13. The zero-order valence-electron chi connectivity index (χ0n) is 42.0. The summed E-state index contributed by atoms with van der Waals surface area (Å²) in [5.74, 6) is -0.325. The molecule has 0 aromatic carbocycles. The van der Waals surface area contributed by atoms with Crippen molar-refractivity contribution in [3.63, 3.8) is 0 Å². The zero-order valence-corrected chi connectivity index (χ0v) is 42.0. The van der Waals surface area contributed by atoms with Gasteiger partial charge in [0.15, 0.2) is 12.6 Å². The minimum atomic E-state index is -1.80. The smallest absolute Gasteiger partial charge is 0.220 e. The van der Waals surface area contributed by atoms with E-state index in [-0.39, 0.29) is 18.9 Å². The lowest BCUT2D eigenvalue weighted by atomic mass is 9.97. The first-order valence-corrected chi connectivity index (χ1v) is 26.3. The Hall–Kier alpha value is -2.83. The van der Waals surface area contributed by atoms with Crippen LogP contribution >= 0.6 is 0 Å². The van der Waals surface area contributed by atoms with Crippen LogP contribution in [0.15, 0.2) is 85.1 Å². The molecule has 12 atom stereocenters. The summed E-state index contributed by atoms with van der Waals surface area (Å²) in [5.41, 5.74) is 0. The maximum Gasteiger partial charge on any atom is 0.220 e. The summed E-state index contributed by atoms with van der Waals surface area (Å²) in [5, 5.41) is 86.8. The van der Waals surface area contributed by atoms with Crippen molar-refractivity contribution in [2.75, 3.05) is 19.8 Å². The molecule has 2 aliphatic rings. The van der Waals surface area contributed by atoms with E-state index in [4.69, 9.17) is 18.9 Å². The second kappa shape index (κ2) is 40.7. The molecule has 2 saturated heterocycles. The first-order valence-electron chi connectivity index (χ1n) is 26.3. The molecule has 2 heterocycles. The number of aliphatic hydroxyl groups excluding tert-OH is 8. The van der Waals surface area contributed by atoms with E-state index in [0.29, 0.717) is 6.42 Å². The minimum absolute atomic E-state index is 0.152. The third-order valence-electron chi connectivity index (χ3n) is 12.4. The van der Waals surface area contributed by atoms with Crippen molar-refractivity contribution in [1.82, 2.24) is 5.32 Å². The Kier molecular flexibility index (Phi) is 36.8. The number of carbonyl (C=O) groups excluding carboxylic acids is 1. The first-order chi connectivity index (χ1) is 33.6. The van der Waals surface area contributed by atoms with Gasteiger partial charge in [-0.2, -0.15) is 0 Å². The van der Waals surface area contributed by atoms with Crippen molar-refractivity contribution >= 4 is 5.91 Å². The van der Waals surface area contributed by atoms with Crippen LogP contribution in [0.3, 0.4) is 0 Å². The minimum Gasteiger partial charge on any atom is -0.394 e. The Bertz CT molecular complexity index is 1480. The van der Waals surface area contributed by atoms with Gasteiger partial charge < -0.3 is 65.1 Å². The fourth-order valence-corrected chi connectivity index (χ4v) is 8.08. The van der Waals surface area contributed by atoms with Crippen LogP contribution in [0.2, 0.25) is 0 Å². The molecule has 12 unspecified atom stereocenters. The number of aliphatic hydroxyl groups is 8. The molecular weight excluding hydrogens is 883 g/mol. The number of nitrogens with one attached hydrogen (secondary N) is 1. The third kappa shape index (κ3) is 27.5. The van der Waals surface area contributed by atoms with Gasteiger partial charge in [0.25, 0.3) is 0 Å². The molecule has 2 aliphatic heterocycles. The Balaban J connectivity index is 1.88. The molecule has 2 fully saturated rings. The van der Waals surface area contributed by atoms with E-state index in [1.54, 1.807) is 6.08 Å². The number of ether oxygens (including phenoxy) is 4. The van der Waals surface area contributed by atoms with Crippen LogP contribution in [0.4, 0.5) is 0 Å². The van der Waals surface area contributed by atoms with Gasteiger partial charge in [-0.05, 0) is 57.8 Å². The highest BCUT2D eigenvalue weighted by Crippen LogP contribution is 2.30. The molecule has 2 rings (SSSR count). The van der Waals surface area contributed by atoms with Gasteiger partial charge in [0.2, 0.25) is 5.91 Å². The maximum atomic E-state index is 13.2. The molecule has 14 heteroatoms. The van der Waals surface area contributed by atoms with Crippen molar-refractivity contribution < 1.29 is 64.6 Å². The molecule has 0 saturated carbocycles. The highest BCUT2D eigenvalue weighted by Gasteiger charge is 2.51. The van der Waals surface area contributed by atoms with Gasteiger partial charge in [-0.25, -0.2) is 0 Å². The number of allylic oxidation sites excluding steroid dienone is 13. The van der Waals surface area contributed by atoms with Crippen molar-refractivity contribution in [1.29, 1.82) is 0 Å². The van der Waals surface area contributed by atoms with Crippen LogP contribution < -0.4 is 5.32 Å². The molecular formula is C55H93NO13. The van der Waals surface area contributed by atoms with Crippen molar-refractivity contribution in [2.45, 2.75) is 235 Å². The highest BCUT2D eigenvalue weighted by atomic mass is 16.7. The summed E-state index contributed by atoms with van der Waals surface area (Å²) in [6.45, 7) is 2.61. The first kappa shape index (κ1) is 62.3. The van der Waals surface area contributed by atoms with Crippen molar-refractivity contribution in [3.05, 3.63) is 85.1 Å². The van der Waals surface area contributed by atoms with Crippen LogP contribution in [0.5, 0.6) is 0 Å². The second-order valence-electron chi connectivity index (χ2n) is 18.3. The molecule has 14 nitrogen and oxygen atoms in total. The van der Waals surface area contributed by atoms with Crippen LogP contribution in [-0.2, 0) is 23.7 Å². The van der Waals surface area contributed by atoms with Crippen LogP contribution in [0.1, 0.15) is 162 Å². The summed E-state index contributed by atoms with van der Waals surface area (Å²) < 4.78 is 22.7. The molecule has 69 heavy (non-hydrogen) atoms. The monoisotopic (exact) mass is 976 g/mol. The maximum absolute atomic E-state index is 13.2. The molecule has 0 spiro atoms. The van der Waals surface area contributed by atoms with Gasteiger partial charge in [-0.3, -0.25) is 4.79 Å². The summed E-state index contributed by atoms with van der Waals surface area (Å²) in [6.07, 6.45) is 36.3. The number of carbonyl (C=O) groups is 1. The number of amides is 1. The Morgan fingerprint density at radius 1 is 0.536 bits per heavy atom. The number of unbranched alkanes of at least 4 members (excludes halogenated alkanes) is 14. The number of hydrogen-bond donors (Lipinski definition) is 9. The van der Waals surface area contributed by atoms with Gasteiger partial charge >= 0.3 is 0 Å². The van der Waals surface area contributed by atoms with E-state index in [0.717, 1.165) is 64.2 Å². The van der Waals surface area contributed by atoms with Gasteiger partial charge in [0.1, 0.15) is 48.8 Å². The van der Waals surface area contributed by atoms with E-state index in [1.807, 2.05) is 18.2 Å². The average Bonchev–Trinajstić information content (AvgIpc) is 3.35. The average molecular weight is 976 g/mol. The SMILES string of the molecule is CC/C=C\C/C=C\C/C=C\C/C=C\C/C=C\C/C=C\CCC(=O)NC(COC1OC(CO)C(OC2OC(CO)C(O)C(O)C2O)C(O)C1O)C(O)/C=C/CCCCCCCCCCCCCCCC. The van der Waals surface area contributed by atoms with E-state index in [2.05, 4.69) is 79.9 Å². The van der Waals surface area contributed by atoms with Gasteiger partial charge in [-0.15, -0.1) is 0 Å². The van der Waals surface area contributed by atoms with Crippen molar-refractivity contribution in [3.8, 4) is 0 Å². The normalized spacial score (nSPS) is 26.9. The second-order valence-corrected chi connectivity index (χ2v) is 18.3. The Labute approximate surface area is 414 Å². The van der Waals surface area contributed by atoms with E-state index in [9.17, 15) is 45.6 Å². The molecule has 9 N–H and O–H groups in total. The number of rotatable bonds is 39. The van der Waals surface area contributed by atoms with Crippen LogP contribution in [-0.4, -0.2) is 140 Å². The molecule has 0 aromatic rings. The summed E-state index contributed by atoms with van der Waals surface area (Å²) in [7, 11) is 0. The Morgan fingerprint density at radius 3 is 1.51 bits per heavy atom. The van der Waals surface area contributed by atoms with Gasteiger partial charge in [0.05, 0.1) is 32.0 Å². The standard InChI is InChI=1S/C55H93NO13/c1-3-5-7-9-11-13-15-17-19-21-22-23-25-27-29-31-33-35-37-39-47(60)56-43(44(59)38-36-34-32-30-28-26-24-20-18-16-14-12-10-8-6-4-2)42-66-54-52(65)50(63)53(46(41-58)68-54)69-55-51(64)49(62)48(61)45(40-57)67-55/h5,7,11,13,17,19,22-23,27,29,33,35-36,38,43-46,48-55,57-59,61-65H,3-4,6,8-10,12,14-16,18,20-21,24-26,28,30-32,34,37,39-42H2,1-2H3,(H,56,60)/b7-5-,13-11-,19-17-,23-22-,29-27-,35-33-,38-36+. The molecule has 396 valence electrons. The summed E-state index contributed by atoms with van der Waals surface area (Å²) in [6, 6.07) is -0.959. The van der Waals surface area contributed by atoms with Gasteiger partial charge in [-0.1, -0.05) is 182 Å². The molecule has 0 bridgehead atoms. The molecule has 0 aromatic heterocycles. The predicted octanol–water partition coefficient (Wildman–Crippen LogP) is 7.38.